The Bertz CT molecular complexity index is 1310. The van der Waals surface area contributed by atoms with Gasteiger partial charge in [-0.25, -0.2) is 0 Å². The standard InChI is InChI=1S/C22H15N3O4/c26-21-17(22(27)24-19-7-3-4-8-20(19)25(28)29)11-12-18(23-21)16-10-9-14-5-1-2-6-15(14)13-16/h1-13H,(H,23,26)(H,24,27). The smallest absolute Gasteiger partial charge is 0.292 e. The number of aromatic amines is 1. The van der Waals surface area contributed by atoms with Crippen molar-refractivity contribution in [2.75, 3.05) is 5.32 Å². The van der Waals surface area contributed by atoms with Gasteiger partial charge in [0.2, 0.25) is 0 Å². The minimum Gasteiger partial charge on any atom is -0.321 e. The van der Waals surface area contributed by atoms with Crippen molar-refractivity contribution in [2.24, 2.45) is 0 Å². The summed E-state index contributed by atoms with van der Waals surface area (Å²) >= 11 is 0. The van der Waals surface area contributed by atoms with Crippen molar-refractivity contribution in [1.29, 1.82) is 0 Å². The predicted molar refractivity (Wildman–Crippen MR) is 111 cm³/mol. The van der Waals surface area contributed by atoms with Crippen LogP contribution < -0.4 is 10.9 Å². The molecule has 29 heavy (non-hydrogen) atoms. The van der Waals surface area contributed by atoms with E-state index in [-0.39, 0.29) is 16.9 Å². The van der Waals surface area contributed by atoms with Crippen molar-refractivity contribution in [3.05, 3.63) is 105 Å². The normalized spacial score (nSPS) is 10.6. The molecule has 1 amide bonds. The van der Waals surface area contributed by atoms with Gasteiger partial charge in [-0.1, -0.05) is 48.5 Å². The molecule has 7 heteroatoms. The number of pyridine rings is 1. The Hall–Kier alpha value is -4.26. The third-order valence-corrected chi connectivity index (χ3v) is 4.56. The molecule has 3 aromatic carbocycles. The molecule has 0 unspecified atom stereocenters. The van der Waals surface area contributed by atoms with Crippen LogP contribution in [0.25, 0.3) is 22.0 Å². The monoisotopic (exact) mass is 385 g/mol. The first-order valence-corrected chi connectivity index (χ1v) is 8.80. The fourth-order valence-electron chi connectivity index (χ4n) is 3.11. The van der Waals surface area contributed by atoms with Gasteiger partial charge in [0, 0.05) is 11.8 Å². The summed E-state index contributed by atoms with van der Waals surface area (Å²) in [7, 11) is 0. The number of hydrogen-bond acceptors (Lipinski definition) is 4. The highest BCUT2D eigenvalue weighted by Gasteiger charge is 2.18. The number of nitrogens with one attached hydrogen (secondary N) is 2. The molecule has 1 aromatic heterocycles. The molecule has 0 aliphatic heterocycles. The first kappa shape index (κ1) is 18.1. The van der Waals surface area contributed by atoms with Gasteiger partial charge in [-0.15, -0.1) is 0 Å². The summed E-state index contributed by atoms with van der Waals surface area (Å²) in [6.45, 7) is 0. The summed E-state index contributed by atoms with van der Waals surface area (Å²) in [5.41, 5.74) is 0.458. The number of nitro groups is 1. The van der Waals surface area contributed by atoms with Crippen molar-refractivity contribution in [3.8, 4) is 11.3 Å². The van der Waals surface area contributed by atoms with Gasteiger partial charge < -0.3 is 10.3 Å². The number of anilines is 1. The van der Waals surface area contributed by atoms with Gasteiger partial charge in [0.1, 0.15) is 11.3 Å². The minimum atomic E-state index is -0.717. The zero-order valence-electron chi connectivity index (χ0n) is 15.1. The molecular weight excluding hydrogens is 370 g/mol. The lowest BCUT2D eigenvalue weighted by atomic mass is 10.0. The van der Waals surface area contributed by atoms with Gasteiger partial charge in [0.15, 0.2) is 0 Å². The molecule has 4 rings (SSSR count). The fourth-order valence-corrected chi connectivity index (χ4v) is 3.11. The number of aromatic nitrogens is 1. The number of para-hydroxylation sites is 2. The van der Waals surface area contributed by atoms with Crippen molar-refractivity contribution in [2.45, 2.75) is 0 Å². The summed E-state index contributed by atoms with van der Waals surface area (Å²) in [5, 5.41) is 15.6. The molecule has 142 valence electrons. The van der Waals surface area contributed by atoms with E-state index in [2.05, 4.69) is 10.3 Å². The molecule has 7 nitrogen and oxygen atoms in total. The van der Waals surface area contributed by atoms with E-state index in [0.29, 0.717) is 5.69 Å². The van der Waals surface area contributed by atoms with E-state index in [9.17, 15) is 19.7 Å². The lowest BCUT2D eigenvalue weighted by molar-refractivity contribution is -0.383. The number of benzene rings is 3. The fraction of sp³-hybridized carbons (Fsp3) is 0. The molecule has 0 saturated heterocycles. The van der Waals surface area contributed by atoms with Gasteiger partial charge in [0.25, 0.3) is 17.2 Å². The first-order valence-electron chi connectivity index (χ1n) is 8.80. The Labute approximate surface area is 164 Å². The van der Waals surface area contributed by atoms with E-state index in [4.69, 9.17) is 0 Å². The number of carbonyl (C=O) groups excluding carboxylic acids is 1. The number of carbonyl (C=O) groups is 1. The highest BCUT2D eigenvalue weighted by molar-refractivity contribution is 6.05. The molecule has 0 aliphatic rings. The van der Waals surface area contributed by atoms with Crippen LogP contribution >= 0.6 is 0 Å². The van der Waals surface area contributed by atoms with Crippen LogP contribution in [0, 0.1) is 10.1 Å². The molecule has 0 radical (unpaired) electrons. The maximum Gasteiger partial charge on any atom is 0.292 e. The van der Waals surface area contributed by atoms with E-state index in [1.54, 1.807) is 12.1 Å². The molecule has 2 N–H and O–H groups in total. The van der Waals surface area contributed by atoms with Crippen LogP contribution in [-0.2, 0) is 0 Å². The second kappa shape index (κ2) is 7.40. The van der Waals surface area contributed by atoms with Crippen LogP contribution in [0.5, 0.6) is 0 Å². The van der Waals surface area contributed by atoms with Crippen LogP contribution in [0.3, 0.4) is 0 Å². The Morgan fingerprint density at radius 2 is 1.62 bits per heavy atom. The number of nitro benzene ring substituents is 1. The molecule has 0 atom stereocenters. The highest BCUT2D eigenvalue weighted by atomic mass is 16.6. The molecular formula is C22H15N3O4. The summed E-state index contributed by atoms with van der Waals surface area (Å²) < 4.78 is 0. The quantitative estimate of drug-likeness (QED) is 0.402. The number of hydrogen-bond donors (Lipinski definition) is 2. The average Bonchev–Trinajstić information content (AvgIpc) is 2.73. The van der Waals surface area contributed by atoms with Crippen LogP contribution in [0.15, 0.2) is 83.7 Å². The Balaban J connectivity index is 1.64. The van der Waals surface area contributed by atoms with Gasteiger partial charge in [-0.2, -0.15) is 0 Å². The third kappa shape index (κ3) is 3.61. The van der Waals surface area contributed by atoms with Crippen molar-refractivity contribution >= 4 is 28.1 Å². The van der Waals surface area contributed by atoms with Gasteiger partial charge >= 0.3 is 0 Å². The SMILES string of the molecule is O=C(Nc1ccccc1[N+](=O)[O-])c1ccc(-c2ccc3ccccc3c2)[nH]c1=O. The first-order chi connectivity index (χ1) is 14.0. The lowest BCUT2D eigenvalue weighted by Gasteiger charge is -2.07. The number of amides is 1. The lowest BCUT2D eigenvalue weighted by Crippen LogP contribution is -2.23. The van der Waals surface area contributed by atoms with Crippen LogP contribution in [0.4, 0.5) is 11.4 Å². The number of fused-ring (bicyclic) bond motifs is 1. The van der Waals surface area contributed by atoms with Gasteiger partial charge in [-0.05, 0) is 40.6 Å². The molecule has 0 aliphatic carbocycles. The molecule has 0 fully saturated rings. The summed E-state index contributed by atoms with van der Waals surface area (Å²) in [6.07, 6.45) is 0. The third-order valence-electron chi connectivity index (χ3n) is 4.56. The summed E-state index contributed by atoms with van der Waals surface area (Å²) in [4.78, 5) is 38.2. The van der Waals surface area contributed by atoms with Crippen LogP contribution in [-0.4, -0.2) is 15.8 Å². The number of rotatable bonds is 4. The second-order valence-electron chi connectivity index (χ2n) is 6.41. The highest BCUT2D eigenvalue weighted by Crippen LogP contribution is 2.24. The van der Waals surface area contributed by atoms with Crippen molar-refractivity contribution in [1.82, 2.24) is 4.98 Å². The van der Waals surface area contributed by atoms with E-state index in [0.717, 1.165) is 16.3 Å². The minimum absolute atomic E-state index is 0.0282. The number of nitrogens with zero attached hydrogens (tertiary/aromatic N) is 1. The van der Waals surface area contributed by atoms with E-state index in [1.807, 2.05) is 42.5 Å². The zero-order chi connectivity index (χ0) is 20.4. The molecule has 0 bridgehead atoms. The predicted octanol–water partition coefficient (Wildman–Crippen LogP) is 4.36. The average molecular weight is 385 g/mol. The van der Waals surface area contributed by atoms with Crippen LogP contribution in [0.1, 0.15) is 10.4 Å². The van der Waals surface area contributed by atoms with Crippen LogP contribution in [0.2, 0.25) is 0 Å². The Morgan fingerprint density at radius 1 is 0.897 bits per heavy atom. The van der Waals surface area contributed by atoms with E-state index >= 15 is 0 Å². The zero-order valence-corrected chi connectivity index (χ0v) is 15.1. The van der Waals surface area contributed by atoms with Crippen molar-refractivity contribution in [3.63, 3.8) is 0 Å². The summed E-state index contributed by atoms with van der Waals surface area (Å²) in [5.74, 6) is -0.717. The topological polar surface area (TPSA) is 105 Å². The Kier molecular flexibility index (Phi) is 4.62. The molecule has 4 aromatic rings. The van der Waals surface area contributed by atoms with Gasteiger partial charge in [-0.3, -0.25) is 19.7 Å². The largest absolute Gasteiger partial charge is 0.321 e. The maximum atomic E-state index is 12.5. The Morgan fingerprint density at radius 3 is 2.38 bits per heavy atom. The van der Waals surface area contributed by atoms with Gasteiger partial charge in [0.05, 0.1) is 4.92 Å². The number of H-pyrrole nitrogens is 1. The maximum absolute atomic E-state index is 12.5. The van der Waals surface area contributed by atoms with E-state index in [1.165, 1.54) is 24.3 Å². The summed E-state index contributed by atoms with van der Waals surface area (Å²) in [6, 6.07) is 22.5. The molecule has 0 saturated carbocycles. The molecule has 0 spiro atoms. The molecule has 1 heterocycles. The van der Waals surface area contributed by atoms with Crippen molar-refractivity contribution < 1.29 is 9.72 Å². The second-order valence-corrected chi connectivity index (χ2v) is 6.41. The van der Waals surface area contributed by atoms with E-state index < -0.39 is 16.4 Å².